The summed E-state index contributed by atoms with van der Waals surface area (Å²) in [5.74, 6) is 1.64. The Morgan fingerprint density at radius 3 is 3.00 bits per heavy atom. The van der Waals surface area contributed by atoms with Crippen molar-refractivity contribution in [2.24, 2.45) is 0 Å². The Morgan fingerprint density at radius 2 is 2.14 bits per heavy atom. The van der Waals surface area contributed by atoms with Crippen molar-refractivity contribution in [3.8, 4) is 28.5 Å². The van der Waals surface area contributed by atoms with Crippen molar-refractivity contribution in [1.82, 2.24) is 15.3 Å². The topological polar surface area (TPSA) is 135 Å². The number of fused-ring (bicyclic) bond motifs is 1. The molecule has 1 fully saturated rings. The lowest BCUT2D eigenvalue weighted by Crippen LogP contribution is -2.29. The van der Waals surface area contributed by atoms with E-state index in [2.05, 4.69) is 20.6 Å². The van der Waals surface area contributed by atoms with E-state index in [-0.39, 0.29) is 30.2 Å². The van der Waals surface area contributed by atoms with Crippen LogP contribution in [0.25, 0.3) is 11.3 Å². The number of methoxy groups -OCH3 is 1. The molecule has 1 aromatic carbocycles. The van der Waals surface area contributed by atoms with E-state index in [0.29, 0.717) is 54.6 Å². The molecule has 5 rings (SSSR count). The van der Waals surface area contributed by atoms with E-state index in [1.165, 1.54) is 4.90 Å². The molecule has 1 saturated heterocycles. The average Bonchev–Trinajstić information content (AvgIpc) is 3.27. The maximum absolute atomic E-state index is 12.4. The van der Waals surface area contributed by atoms with Crippen molar-refractivity contribution < 1.29 is 28.9 Å². The van der Waals surface area contributed by atoms with Crippen molar-refractivity contribution in [3.63, 3.8) is 0 Å². The molecule has 36 heavy (non-hydrogen) atoms. The zero-order valence-corrected chi connectivity index (χ0v) is 19.6. The number of rotatable bonds is 8. The van der Waals surface area contributed by atoms with Crippen LogP contribution in [0, 0.1) is 0 Å². The minimum absolute atomic E-state index is 0.0607. The summed E-state index contributed by atoms with van der Waals surface area (Å²) in [7, 11) is 1.58. The van der Waals surface area contributed by atoms with Crippen LogP contribution >= 0.6 is 0 Å². The molecule has 0 bridgehead atoms. The molecule has 0 spiro atoms. The smallest absolute Gasteiger partial charge is 0.415 e. The lowest BCUT2D eigenvalue weighted by atomic mass is 10.0. The highest BCUT2D eigenvalue weighted by Gasteiger charge is 2.33. The van der Waals surface area contributed by atoms with Crippen LogP contribution in [0.4, 0.5) is 16.4 Å². The number of phenols is 1. The third-order valence-electron chi connectivity index (χ3n) is 5.93. The van der Waals surface area contributed by atoms with Gasteiger partial charge in [0.1, 0.15) is 23.4 Å². The highest BCUT2D eigenvalue weighted by molar-refractivity contribution is 5.95. The van der Waals surface area contributed by atoms with Crippen LogP contribution in [0.5, 0.6) is 17.2 Å². The number of nitrogens with one attached hydrogen (secondary N) is 2. The number of pyridine rings is 2. The first kappa shape index (κ1) is 23.4. The van der Waals surface area contributed by atoms with E-state index in [0.717, 1.165) is 5.56 Å². The van der Waals surface area contributed by atoms with Gasteiger partial charge < -0.3 is 30.0 Å². The van der Waals surface area contributed by atoms with Crippen molar-refractivity contribution in [3.05, 3.63) is 54.2 Å². The number of nitrogens with zero attached hydrogens (tertiary/aromatic N) is 3. The molecule has 1 unspecified atom stereocenters. The number of anilines is 2. The molecule has 1 atom stereocenters. The Bertz CT molecular complexity index is 1300. The number of carbonyl (C=O) groups excluding carboxylic acids is 2. The zero-order chi connectivity index (χ0) is 25.1. The lowest BCUT2D eigenvalue weighted by Gasteiger charge is -2.19. The fourth-order valence-electron chi connectivity index (χ4n) is 4.07. The minimum Gasteiger partial charge on any atom is -0.507 e. The first-order chi connectivity index (χ1) is 17.5. The Hall–Kier alpha value is -4.38. The number of carbonyl (C=O) groups is 2. The van der Waals surface area contributed by atoms with Gasteiger partial charge in [0.2, 0.25) is 0 Å². The number of hydrogen-bond donors (Lipinski definition) is 3. The molecule has 0 aliphatic carbocycles. The van der Waals surface area contributed by atoms with Crippen LogP contribution in [-0.2, 0) is 16.1 Å². The first-order valence-electron chi connectivity index (χ1n) is 11.5. The van der Waals surface area contributed by atoms with Crippen LogP contribution in [0.3, 0.4) is 0 Å². The quantitative estimate of drug-likeness (QED) is 0.407. The van der Waals surface area contributed by atoms with Gasteiger partial charge in [0.15, 0.2) is 18.2 Å². The van der Waals surface area contributed by atoms with Gasteiger partial charge in [0.25, 0.3) is 5.91 Å². The Kier molecular flexibility index (Phi) is 6.54. The predicted octanol–water partition coefficient (Wildman–Crippen LogP) is 2.69. The largest absolute Gasteiger partial charge is 0.507 e. The number of cyclic esters (lactones) is 1. The molecule has 2 aliphatic rings. The lowest BCUT2D eigenvalue weighted by molar-refractivity contribution is -0.118. The van der Waals surface area contributed by atoms with Gasteiger partial charge in [-0.05, 0) is 37.2 Å². The normalized spacial score (nSPS) is 16.7. The van der Waals surface area contributed by atoms with E-state index in [4.69, 9.17) is 14.2 Å². The number of para-hydroxylation sites is 1. The molecule has 11 heteroatoms. The monoisotopic (exact) mass is 491 g/mol. The van der Waals surface area contributed by atoms with Crippen molar-refractivity contribution in [2.75, 3.05) is 37.0 Å². The van der Waals surface area contributed by atoms with Gasteiger partial charge >= 0.3 is 6.09 Å². The van der Waals surface area contributed by atoms with Gasteiger partial charge in [-0.1, -0.05) is 12.1 Å². The number of amides is 2. The van der Waals surface area contributed by atoms with Gasteiger partial charge in [0.05, 0.1) is 19.3 Å². The zero-order valence-electron chi connectivity index (χ0n) is 19.6. The number of phenolic OH excluding ortho intramolecular Hbond substituents is 1. The molecule has 4 heterocycles. The van der Waals surface area contributed by atoms with Gasteiger partial charge in [-0.15, -0.1) is 0 Å². The molecule has 0 saturated carbocycles. The van der Waals surface area contributed by atoms with Gasteiger partial charge in [-0.2, -0.15) is 0 Å². The summed E-state index contributed by atoms with van der Waals surface area (Å²) in [5, 5.41) is 16.7. The summed E-state index contributed by atoms with van der Waals surface area (Å²) in [6, 6.07) is 12.4. The van der Waals surface area contributed by atoms with Crippen LogP contribution in [0.1, 0.15) is 12.0 Å². The second-order valence-electron chi connectivity index (χ2n) is 8.33. The fourth-order valence-corrected chi connectivity index (χ4v) is 4.07. The number of aromatic hydroxyl groups is 1. The standard InChI is InChI=1S/C25H25N5O6/c1-34-16-8-10-27-19(11-16)18-4-2-3-15(23(18)32)12-26-9-7-17-13-30(25(33)36-17)21-6-5-20-24(28-21)29-22(31)14-35-20/h2-6,8,10-11,17,26,32H,7,9,12-14H2,1H3,(H,28,29,31). The third-order valence-corrected chi connectivity index (χ3v) is 5.93. The SMILES string of the molecule is COc1ccnc(-c2cccc(CNCCC3CN(c4ccc5c(n4)NC(=O)CO5)C(=O)O3)c2O)c1. The van der Waals surface area contributed by atoms with E-state index < -0.39 is 6.09 Å². The average molecular weight is 492 g/mol. The van der Waals surface area contributed by atoms with Gasteiger partial charge in [0, 0.05) is 29.9 Å². The summed E-state index contributed by atoms with van der Waals surface area (Å²) in [6.07, 6.45) is 1.39. The summed E-state index contributed by atoms with van der Waals surface area (Å²) in [6.45, 7) is 1.27. The van der Waals surface area contributed by atoms with Crippen LogP contribution in [-0.4, -0.2) is 60.0 Å². The van der Waals surface area contributed by atoms with Crippen molar-refractivity contribution in [1.29, 1.82) is 0 Å². The highest BCUT2D eigenvalue weighted by atomic mass is 16.6. The maximum atomic E-state index is 12.4. The Labute approximate surface area is 207 Å². The third kappa shape index (κ3) is 4.86. The summed E-state index contributed by atoms with van der Waals surface area (Å²) < 4.78 is 16.0. The number of benzene rings is 1. The summed E-state index contributed by atoms with van der Waals surface area (Å²) in [5.41, 5.74) is 1.96. The molecule has 186 valence electrons. The van der Waals surface area contributed by atoms with Crippen LogP contribution in [0.2, 0.25) is 0 Å². The Balaban J connectivity index is 1.16. The van der Waals surface area contributed by atoms with E-state index in [1.807, 2.05) is 12.1 Å². The van der Waals surface area contributed by atoms with Crippen molar-refractivity contribution in [2.45, 2.75) is 19.1 Å². The molecule has 11 nitrogen and oxygen atoms in total. The minimum atomic E-state index is -0.494. The molecule has 3 aromatic rings. The number of aromatic nitrogens is 2. The van der Waals surface area contributed by atoms with Gasteiger partial charge in [-0.3, -0.25) is 14.7 Å². The molecular formula is C25H25N5O6. The molecule has 0 radical (unpaired) electrons. The highest BCUT2D eigenvalue weighted by Crippen LogP contribution is 2.33. The molecule has 2 aliphatic heterocycles. The van der Waals surface area contributed by atoms with Crippen molar-refractivity contribution >= 4 is 23.6 Å². The maximum Gasteiger partial charge on any atom is 0.415 e. The molecular weight excluding hydrogens is 466 g/mol. The Morgan fingerprint density at radius 1 is 1.25 bits per heavy atom. The number of ether oxygens (including phenoxy) is 3. The predicted molar refractivity (Wildman–Crippen MR) is 130 cm³/mol. The summed E-state index contributed by atoms with van der Waals surface area (Å²) >= 11 is 0. The molecule has 3 N–H and O–H groups in total. The van der Waals surface area contributed by atoms with E-state index >= 15 is 0 Å². The molecule has 2 aromatic heterocycles. The fraction of sp³-hybridized carbons (Fsp3) is 0.280. The van der Waals surface area contributed by atoms with E-state index in [9.17, 15) is 14.7 Å². The van der Waals surface area contributed by atoms with Crippen LogP contribution in [0.15, 0.2) is 48.7 Å². The summed E-state index contributed by atoms with van der Waals surface area (Å²) in [4.78, 5) is 34.1. The first-order valence-corrected chi connectivity index (χ1v) is 11.5. The van der Waals surface area contributed by atoms with Gasteiger partial charge in [-0.25, -0.2) is 9.78 Å². The molecule has 2 amide bonds. The number of hydrogen-bond acceptors (Lipinski definition) is 9. The second-order valence-corrected chi connectivity index (χ2v) is 8.33. The van der Waals surface area contributed by atoms with E-state index in [1.54, 1.807) is 43.6 Å². The van der Waals surface area contributed by atoms with Crippen LogP contribution < -0.4 is 25.0 Å². The second kappa shape index (κ2) is 10.1.